The van der Waals surface area contributed by atoms with Crippen LogP contribution in [0.4, 0.5) is 0 Å². The molecule has 1 N–H and O–H groups in total. The highest BCUT2D eigenvalue weighted by Crippen LogP contribution is 2.23. The van der Waals surface area contributed by atoms with Crippen LogP contribution in [-0.2, 0) is 6.42 Å². The van der Waals surface area contributed by atoms with Gasteiger partial charge in [-0.2, -0.15) is 5.26 Å². The maximum Gasteiger partial charge on any atom is 0.0672 e. The van der Waals surface area contributed by atoms with Crippen molar-refractivity contribution in [1.82, 2.24) is 5.32 Å². The Morgan fingerprint density at radius 2 is 2.24 bits per heavy atom. The number of nitrogens with one attached hydrogen (secondary N) is 1. The second-order valence-corrected chi connectivity index (χ2v) is 5.26. The van der Waals surface area contributed by atoms with Crippen molar-refractivity contribution in [2.75, 3.05) is 13.1 Å². The lowest BCUT2D eigenvalue weighted by Gasteiger charge is -2.14. The third kappa shape index (κ3) is 2.87. The summed E-state index contributed by atoms with van der Waals surface area (Å²) in [6.07, 6.45) is 1.02. The second-order valence-electron chi connectivity index (χ2n) is 5.26. The summed E-state index contributed by atoms with van der Waals surface area (Å²) < 4.78 is 0. The molecule has 0 amide bonds. The minimum atomic E-state index is 0.178. The molecule has 1 fully saturated rings. The summed E-state index contributed by atoms with van der Waals surface area (Å²) in [6.45, 7) is 6.26. The number of benzene rings is 1. The van der Waals surface area contributed by atoms with Gasteiger partial charge >= 0.3 is 0 Å². The number of rotatable bonds is 3. The summed E-state index contributed by atoms with van der Waals surface area (Å²) in [5.41, 5.74) is 2.76. The van der Waals surface area contributed by atoms with E-state index in [-0.39, 0.29) is 5.92 Å². The molecule has 2 nitrogen and oxygen atoms in total. The van der Waals surface area contributed by atoms with Crippen LogP contribution in [0.3, 0.4) is 0 Å². The van der Waals surface area contributed by atoms with E-state index in [0.717, 1.165) is 19.5 Å². The van der Waals surface area contributed by atoms with Crippen LogP contribution in [0.15, 0.2) is 24.3 Å². The maximum absolute atomic E-state index is 9.07. The predicted octanol–water partition coefficient (Wildman–Crippen LogP) is 2.71. The topological polar surface area (TPSA) is 35.8 Å². The molecule has 1 aromatic carbocycles. The quantitative estimate of drug-likeness (QED) is 0.863. The molecule has 1 aromatic rings. The third-order valence-electron chi connectivity index (χ3n) is 3.62. The van der Waals surface area contributed by atoms with E-state index in [1.54, 1.807) is 0 Å². The van der Waals surface area contributed by atoms with Gasteiger partial charge < -0.3 is 5.32 Å². The van der Waals surface area contributed by atoms with Gasteiger partial charge in [0.2, 0.25) is 0 Å². The Morgan fingerprint density at radius 1 is 1.41 bits per heavy atom. The minimum Gasteiger partial charge on any atom is -0.315 e. The maximum atomic E-state index is 9.07. The first-order valence-corrected chi connectivity index (χ1v) is 6.40. The zero-order valence-electron chi connectivity index (χ0n) is 10.6. The van der Waals surface area contributed by atoms with Gasteiger partial charge in [0.25, 0.3) is 0 Å². The fourth-order valence-electron chi connectivity index (χ4n) is 2.48. The van der Waals surface area contributed by atoms with E-state index in [1.807, 2.05) is 0 Å². The lowest BCUT2D eigenvalue weighted by atomic mass is 9.89. The van der Waals surface area contributed by atoms with Crippen molar-refractivity contribution in [1.29, 1.82) is 5.26 Å². The van der Waals surface area contributed by atoms with Crippen molar-refractivity contribution in [2.24, 2.45) is 11.8 Å². The van der Waals surface area contributed by atoms with Crippen molar-refractivity contribution in [3.8, 4) is 6.07 Å². The van der Waals surface area contributed by atoms with Crippen molar-refractivity contribution < 1.29 is 0 Å². The predicted molar refractivity (Wildman–Crippen MR) is 69.7 cm³/mol. The summed E-state index contributed by atoms with van der Waals surface area (Å²) in [7, 11) is 0. The molecule has 17 heavy (non-hydrogen) atoms. The van der Waals surface area contributed by atoms with E-state index < -0.39 is 0 Å². The molecule has 1 aliphatic heterocycles. The molecule has 90 valence electrons. The molecular weight excluding hydrogens is 208 g/mol. The van der Waals surface area contributed by atoms with Crippen LogP contribution < -0.4 is 5.32 Å². The van der Waals surface area contributed by atoms with E-state index in [2.05, 4.69) is 49.5 Å². The molecule has 0 spiro atoms. The molecule has 2 heteroatoms. The number of hydrogen-bond acceptors (Lipinski definition) is 2. The van der Waals surface area contributed by atoms with Crippen LogP contribution >= 0.6 is 0 Å². The summed E-state index contributed by atoms with van der Waals surface area (Å²) in [6, 6.07) is 11.2. The van der Waals surface area contributed by atoms with E-state index in [0.29, 0.717) is 11.8 Å². The first kappa shape index (κ1) is 12.1. The molecule has 2 rings (SSSR count). The molecule has 0 saturated carbocycles. The van der Waals surface area contributed by atoms with Crippen molar-refractivity contribution in [3.05, 3.63) is 35.4 Å². The number of nitrogens with zero attached hydrogens (tertiary/aromatic N) is 1. The number of hydrogen-bond donors (Lipinski definition) is 1. The van der Waals surface area contributed by atoms with Crippen LogP contribution in [0.25, 0.3) is 0 Å². The Morgan fingerprint density at radius 3 is 2.94 bits per heavy atom. The Labute approximate surface area is 104 Å². The van der Waals surface area contributed by atoms with Gasteiger partial charge in [0.05, 0.1) is 12.0 Å². The van der Waals surface area contributed by atoms with Gasteiger partial charge in [0.1, 0.15) is 0 Å². The molecule has 2 atom stereocenters. The zero-order chi connectivity index (χ0) is 12.3. The van der Waals surface area contributed by atoms with Crippen LogP contribution in [0, 0.1) is 23.2 Å². The SMILES string of the molecule is CC(C)c1cccc(CC2CNCC2C#N)c1. The van der Waals surface area contributed by atoms with Gasteiger partial charge in [-0.3, -0.25) is 0 Å². The Bertz CT molecular complexity index is 417. The standard InChI is InChI=1S/C15H20N2/c1-11(2)13-5-3-4-12(6-13)7-14-9-17-10-15(14)8-16/h3-6,11,14-15,17H,7,9-10H2,1-2H3. The van der Waals surface area contributed by atoms with Gasteiger partial charge in [0.15, 0.2) is 0 Å². The average Bonchev–Trinajstić information content (AvgIpc) is 2.76. The highest BCUT2D eigenvalue weighted by molar-refractivity contribution is 5.26. The van der Waals surface area contributed by atoms with Gasteiger partial charge in [-0.1, -0.05) is 38.1 Å². The average molecular weight is 228 g/mol. The first-order chi connectivity index (χ1) is 8.20. The molecule has 2 unspecified atom stereocenters. The molecule has 0 bridgehead atoms. The lowest BCUT2D eigenvalue weighted by Crippen LogP contribution is -2.13. The minimum absolute atomic E-state index is 0.178. The van der Waals surface area contributed by atoms with Crippen LogP contribution in [-0.4, -0.2) is 13.1 Å². The van der Waals surface area contributed by atoms with Gasteiger partial charge in [-0.05, 0) is 35.9 Å². The molecule has 1 aliphatic rings. The molecule has 0 aromatic heterocycles. The first-order valence-electron chi connectivity index (χ1n) is 6.40. The molecule has 0 aliphatic carbocycles. The summed E-state index contributed by atoms with van der Waals surface area (Å²) in [4.78, 5) is 0. The highest BCUT2D eigenvalue weighted by atomic mass is 14.9. The largest absolute Gasteiger partial charge is 0.315 e. The molecule has 1 heterocycles. The summed E-state index contributed by atoms with van der Waals surface area (Å²) >= 11 is 0. The van der Waals surface area contributed by atoms with Gasteiger partial charge in [-0.25, -0.2) is 0 Å². The van der Waals surface area contributed by atoms with E-state index in [1.165, 1.54) is 11.1 Å². The van der Waals surface area contributed by atoms with Gasteiger partial charge in [0, 0.05) is 6.54 Å². The highest BCUT2D eigenvalue weighted by Gasteiger charge is 2.26. The Hall–Kier alpha value is -1.33. The van der Waals surface area contributed by atoms with Crippen LogP contribution in [0.5, 0.6) is 0 Å². The molecule has 1 saturated heterocycles. The fourth-order valence-corrected chi connectivity index (χ4v) is 2.48. The van der Waals surface area contributed by atoms with Crippen molar-refractivity contribution in [2.45, 2.75) is 26.2 Å². The van der Waals surface area contributed by atoms with Crippen LogP contribution in [0.1, 0.15) is 30.9 Å². The van der Waals surface area contributed by atoms with Gasteiger partial charge in [-0.15, -0.1) is 0 Å². The van der Waals surface area contributed by atoms with Crippen molar-refractivity contribution >= 4 is 0 Å². The molecular formula is C15H20N2. The van der Waals surface area contributed by atoms with E-state index >= 15 is 0 Å². The monoisotopic (exact) mass is 228 g/mol. The van der Waals surface area contributed by atoms with E-state index in [9.17, 15) is 0 Å². The smallest absolute Gasteiger partial charge is 0.0672 e. The fraction of sp³-hybridized carbons (Fsp3) is 0.533. The van der Waals surface area contributed by atoms with Crippen molar-refractivity contribution in [3.63, 3.8) is 0 Å². The molecule has 0 radical (unpaired) electrons. The lowest BCUT2D eigenvalue weighted by molar-refractivity contribution is 0.499. The zero-order valence-corrected chi connectivity index (χ0v) is 10.6. The normalized spacial score (nSPS) is 23.9. The number of nitriles is 1. The van der Waals surface area contributed by atoms with Crippen LogP contribution in [0.2, 0.25) is 0 Å². The summed E-state index contributed by atoms with van der Waals surface area (Å²) in [5, 5.41) is 12.4. The summed E-state index contributed by atoms with van der Waals surface area (Å²) in [5.74, 6) is 1.23. The Kier molecular flexibility index (Phi) is 3.81. The Balaban J connectivity index is 2.08. The third-order valence-corrected chi connectivity index (χ3v) is 3.62. The second kappa shape index (κ2) is 5.33. The van der Waals surface area contributed by atoms with E-state index in [4.69, 9.17) is 5.26 Å².